The molecule has 0 aliphatic heterocycles. The number of nitrogens with two attached hydrogens (primary N) is 1. The van der Waals surface area contributed by atoms with Crippen molar-refractivity contribution in [3.8, 4) is 0 Å². The number of aromatic nitrogens is 1. The fourth-order valence-electron chi connectivity index (χ4n) is 1.28. The van der Waals surface area contributed by atoms with Gasteiger partial charge in [0.1, 0.15) is 0 Å². The fourth-order valence-corrected chi connectivity index (χ4v) is 2.10. The van der Waals surface area contributed by atoms with Crippen LogP contribution in [0.1, 0.15) is 17.1 Å². The van der Waals surface area contributed by atoms with Crippen LogP contribution in [0.5, 0.6) is 0 Å². The van der Waals surface area contributed by atoms with E-state index in [0.717, 1.165) is 25.1 Å². The summed E-state index contributed by atoms with van der Waals surface area (Å²) in [6, 6.07) is 0. The Morgan fingerprint density at radius 3 is 3.00 bits per heavy atom. The summed E-state index contributed by atoms with van der Waals surface area (Å²) in [4.78, 5) is 8.62. The van der Waals surface area contributed by atoms with Crippen molar-refractivity contribution >= 4 is 41.3 Å². The SMILES string of the molecule is COCCNC(N)=NCCCc1nc(C)cs1.I. The zero-order valence-electron chi connectivity index (χ0n) is 10.8. The van der Waals surface area contributed by atoms with Gasteiger partial charge in [-0.25, -0.2) is 4.98 Å². The van der Waals surface area contributed by atoms with Crippen molar-refractivity contribution in [1.82, 2.24) is 10.3 Å². The first-order valence-corrected chi connectivity index (χ1v) is 6.54. The minimum atomic E-state index is 0. The third-order valence-electron chi connectivity index (χ3n) is 2.11. The molecule has 0 spiro atoms. The smallest absolute Gasteiger partial charge is 0.188 e. The number of rotatable bonds is 7. The molecule has 0 aliphatic rings. The maximum Gasteiger partial charge on any atom is 0.188 e. The van der Waals surface area contributed by atoms with Gasteiger partial charge < -0.3 is 15.8 Å². The van der Waals surface area contributed by atoms with Crippen molar-refractivity contribution in [3.63, 3.8) is 0 Å². The van der Waals surface area contributed by atoms with E-state index in [0.29, 0.717) is 19.1 Å². The Bertz CT molecular complexity index is 357. The van der Waals surface area contributed by atoms with Crippen molar-refractivity contribution in [2.24, 2.45) is 10.7 Å². The van der Waals surface area contributed by atoms with E-state index in [2.05, 4.69) is 20.7 Å². The van der Waals surface area contributed by atoms with Crippen LogP contribution in [0.4, 0.5) is 0 Å². The Labute approximate surface area is 129 Å². The van der Waals surface area contributed by atoms with Gasteiger partial charge in [0.05, 0.1) is 11.6 Å². The van der Waals surface area contributed by atoms with Gasteiger partial charge in [0, 0.05) is 37.7 Å². The summed E-state index contributed by atoms with van der Waals surface area (Å²) in [7, 11) is 1.66. The van der Waals surface area contributed by atoms with Crippen LogP contribution >= 0.6 is 35.3 Å². The third-order valence-corrected chi connectivity index (χ3v) is 3.14. The number of aryl methyl sites for hydroxylation is 2. The Kier molecular flexibility index (Phi) is 10.3. The van der Waals surface area contributed by atoms with Crippen molar-refractivity contribution in [3.05, 3.63) is 16.1 Å². The number of hydrogen-bond donors (Lipinski definition) is 2. The number of thiazole rings is 1. The molecule has 0 saturated heterocycles. The van der Waals surface area contributed by atoms with Crippen LogP contribution in [0.15, 0.2) is 10.4 Å². The van der Waals surface area contributed by atoms with Crippen LogP contribution in [0.25, 0.3) is 0 Å². The van der Waals surface area contributed by atoms with E-state index in [1.165, 1.54) is 5.01 Å². The predicted octanol–water partition coefficient (Wildman–Crippen LogP) is 1.55. The Hall–Kier alpha value is -0.410. The monoisotopic (exact) mass is 384 g/mol. The summed E-state index contributed by atoms with van der Waals surface area (Å²) in [6.45, 7) is 4.06. The van der Waals surface area contributed by atoms with Crippen molar-refractivity contribution in [1.29, 1.82) is 0 Å². The number of halogens is 1. The molecule has 0 bridgehead atoms. The highest BCUT2D eigenvalue weighted by Crippen LogP contribution is 2.10. The zero-order chi connectivity index (χ0) is 12.5. The average Bonchev–Trinajstić information content (AvgIpc) is 2.71. The highest BCUT2D eigenvalue weighted by atomic mass is 127. The van der Waals surface area contributed by atoms with E-state index < -0.39 is 0 Å². The van der Waals surface area contributed by atoms with Crippen LogP contribution < -0.4 is 11.1 Å². The molecule has 3 N–H and O–H groups in total. The van der Waals surface area contributed by atoms with Gasteiger partial charge in [-0.15, -0.1) is 35.3 Å². The fraction of sp³-hybridized carbons (Fsp3) is 0.636. The number of hydrogen-bond acceptors (Lipinski definition) is 4. The molecule has 0 unspecified atom stereocenters. The van der Waals surface area contributed by atoms with Crippen LogP contribution in [-0.2, 0) is 11.2 Å². The van der Waals surface area contributed by atoms with Gasteiger partial charge in [-0.2, -0.15) is 0 Å². The van der Waals surface area contributed by atoms with E-state index in [1.807, 2.05) is 6.92 Å². The Morgan fingerprint density at radius 2 is 2.39 bits per heavy atom. The number of methoxy groups -OCH3 is 1. The summed E-state index contributed by atoms with van der Waals surface area (Å²) in [5, 5.41) is 6.21. The molecule has 0 aliphatic carbocycles. The summed E-state index contributed by atoms with van der Waals surface area (Å²) in [5.74, 6) is 0.484. The van der Waals surface area contributed by atoms with Crippen LogP contribution in [-0.4, -0.2) is 37.7 Å². The minimum absolute atomic E-state index is 0. The Balaban J connectivity index is 0.00000289. The average molecular weight is 384 g/mol. The van der Waals surface area contributed by atoms with Gasteiger partial charge in [0.25, 0.3) is 0 Å². The lowest BCUT2D eigenvalue weighted by atomic mass is 10.3. The maximum absolute atomic E-state index is 5.67. The molecule has 1 aromatic rings. The van der Waals surface area contributed by atoms with Gasteiger partial charge in [-0.1, -0.05) is 0 Å². The second-order valence-corrected chi connectivity index (χ2v) is 4.62. The maximum atomic E-state index is 5.67. The molecule has 0 fully saturated rings. The standard InChI is InChI=1S/C11H20N4OS.HI/c1-9-8-17-10(15-9)4-3-5-13-11(12)14-6-7-16-2;/h8H,3-7H2,1-2H3,(H3,12,13,14);1H. The summed E-state index contributed by atoms with van der Waals surface area (Å²) < 4.78 is 4.90. The molecule has 104 valence electrons. The molecular weight excluding hydrogens is 363 g/mol. The van der Waals surface area contributed by atoms with E-state index in [1.54, 1.807) is 18.4 Å². The predicted molar refractivity (Wildman–Crippen MR) is 87.0 cm³/mol. The Morgan fingerprint density at radius 1 is 1.61 bits per heavy atom. The van der Waals surface area contributed by atoms with Crippen molar-refractivity contribution in [2.45, 2.75) is 19.8 Å². The molecule has 0 radical (unpaired) electrons. The molecule has 18 heavy (non-hydrogen) atoms. The molecule has 0 atom stereocenters. The van der Waals surface area contributed by atoms with E-state index in [-0.39, 0.29) is 24.0 Å². The van der Waals surface area contributed by atoms with Gasteiger partial charge in [0.2, 0.25) is 0 Å². The number of nitrogens with zero attached hydrogens (tertiary/aromatic N) is 2. The van der Waals surface area contributed by atoms with Gasteiger partial charge in [0.15, 0.2) is 5.96 Å². The van der Waals surface area contributed by atoms with Crippen LogP contribution in [0, 0.1) is 6.92 Å². The van der Waals surface area contributed by atoms with E-state index in [9.17, 15) is 0 Å². The van der Waals surface area contributed by atoms with Crippen molar-refractivity contribution in [2.75, 3.05) is 26.8 Å². The number of guanidine groups is 1. The highest BCUT2D eigenvalue weighted by molar-refractivity contribution is 14.0. The van der Waals surface area contributed by atoms with Gasteiger partial charge in [-0.05, 0) is 13.3 Å². The molecule has 1 rings (SSSR count). The summed E-state index contributed by atoms with van der Waals surface area (Å²) in [6.07, 6.45) is 1.94. The number of nitrogens with one attached hydrogen (secondary N) is 1. The first kappa shape index (κ1) is 17.6. The topological polar surface area (TPSA) is 72.5 Å². The lowest BCUT2D eigenvalue weighted by molar-refractivity contribution is 0.204. The van der Waals surface area contributed by atoms with Gasteiger partial charge in [-0.3, -0.25) is 4.99 Å². The third kappa shape index (κ3) is 7.83. The normalized spacial score (nSPS) is 11.1. The molecule has 0 aromatic carbocycles. The second-order valence-electron chi connectivity index (χ2n) is 3.67. The minimum Gasteiger partial charge on any atom is -0.383 e. The van der Waals surface area contributed by atoms with Crippen molar-refractivity contribution < 1.29 is 4.74 Å². The lowest BCUT2D eigenvalue weighted by Gasteiger charge is -2.03. The molecule has 1 heterocycles. The van der Waals surface area contributed by atoms with Crippen LogP contribution in [0.3, 0.4) is 0 Å². The zero-order valence-corrected chi connectivity index (χ0v) is 14.0. The van der Waals surface area contributed by atoms with E-state index in [4.69, 9.17) is 10.5 Å². The quantitative estimate of drug-likeness (QED) is 0.324. The highest BCUT2D eigenvalue weighted by Gasteiger charge is 1.98. The first-order chi connectivity index (χ1) is 8.22. The number of aliphatic imine (C=N–C) groups is 1. The molecule has 0 amide bonds. The summed E-state index contributed by atoms with van der Waals surface area (Å²) in [5.41, 5.74) is 6.76. The summed E-state index contributed by atoms with van der Waals surface area (Å²) >= 11 is 1.70. The molecule has 7 heteroatoms. The molecule has 1 aromatic heterocycles. The molecule has 5 nitrogen and oxygen atoms in total. The number of ether oxygens (including phenoxy) is 1. The van der Waals surface area contributed by atoms with Crippen LogP contribution in [0.2, 0.25) is 0 Å². The first-order valence-electron chi connectivity index (χ1n) is 5.66. The largest absolute Gasteiger partial charge is 0.383 e. The van der Waals surface area contributed by atoms with E-state index >= 15 is 0 Å². The molecular formula is C11H21IN4OS. The lowest BCUT2D eigenvalue weighted by Crippen LogP contribution is -2.34. The molecule has 0 saturated carbocycles. The van der Waals surface area contributed by atoms with Gasteiger partial charge >= 0.3 is 0 Å². The second kappa shape index (κ2) is 10.5.